The standard InChI is InChI=1S/C18H18ClFN2O/c1-12-10-13(7-8-17(12)22-9-3-6-18(22)23)21-11-14-15(19)4-2-5-16(14)20/h2,4-5,7-8,10,21H,3,6,9,11H2,1H3. The highest BCUT2D eigenvalue weighted by Gasteiger charge is 2.22. The van der Waals surface area contributed by atoms with Gasteiger partial charge in [0.1, 0.15) is 5.82 Å². The Hall–Kier alpha value is -2.07. The van der Waals surface area contributed by atoms with Gasteiger partial charge in [0.15, 0.2) is 0 Å². The summed E-state index contributed by atoms with van der Waals surface area (Å²) in [4.78, 5) is 13.7. The van der Waals surface area contributed by atoms with Crippen LogP contribution in [-0.2, 0) is 11.3 Å². The number of rotatable bonds is 4. The molecule has 5 heteroatoms. The van der Waals surface area contributed by atoms with Crippen molar-refractivity contribution in [1.29, 1.82) is 0 Å². The molecular weight excluding hydrogens is 315 g/mol. The molecule has 1 amide bonds. The molecule has 3 rings (SSSR count). The number of anilines is 2. The summed E-state index contributed by atoms with van der Waals surface area (Å²) in [6.45, 7) is 3.06. The highest BCUT2D eigenvalue weighted by molar-refractivity contribution is 6.31. The average molecular weight is 333 g/mol. The third-order valence-electron chi connectivity index (χ3n) is 4.09. The maximum Gasteiger partial charge on any atom is 0.227 e. The minimum Gasteiger partial charge on any atom is -0.381 e. The molecule has 2 aromatic carbocycles. The highest BCUT2D eigenvalue weighted by Crippen LogP contribution is 2.28. The molecule has 0 aliphatic carbocycles. The molecule has 2 aromatic rings. The van der Waals surface area contributed by atoms with Gasteiger partial charge in [-0.25, -0.2) is 4.39 Å². The number of nitrogens with one attached hydrogen (secondary N) is 1. The summed E-state index contributed by atoms with van der Waals surface area (Å²) in [6, 6.07) is 10.5. The van der Waals surface area contributed by atoms with E-state index in [9.17, 15) is 9.18 Å². The summed E-state index contributed by atoms with van der Waals surface area (Å²) in [5, 5.41) is 3.60. The lowest BCUT2D eigenvalue weighted by Crippen LogP contribution is -2.24. The SMILES string of the molecule is Cc1cc(NCc2c(F)cccc2Cl)ccc1N1CCCC1=O. The number of halogens is 2. The third kappa shape index (κ3) is 3.32. The zero-order valence-corrected chi connectivity index (χ0v) is 13.7. The number of benzene rings is 2. The summed E-state index contributed by atoms with van der Waals surface area (Å²) in [5.41, 5.74) is 3.29. The number of hydrogen-bond donors (Lipinski definition) is 1. The van der Waals surface area contributed by atoms with Gasteiger partial charge in [-0.2, -0.15) is 0 Å². The first-order chi connectivity index (χ1) is 11.1. The zero-order chi connectivity index (χ0) is 16.4. The maximum atomic E-state index is 13.8. The molecule has 1 saturated heterocycles. The molecule has 1 N–H and O–H groups in total. The summed E-state index contributed by atoms with van der Waals surface area (Å²) in [6.07, 6.45) is 1.52. The van der Waals surface area contributed by atoms with Crippen LogP contribution in [0, 0.1) is 12.7 Å². The van der Waals surface area contributed by atoms with Crippen LogP contribution in [0.3, 0.4) is 0 Å². The smallest absolute Gasteiger partial charge is 0.227 e. The Labute approximate surface area is 140 Å². The molecule has 0 saturated carbocycles. The van der Waals surface area contributed by atoms with E-state index in [1.54, 1.807) is 12.1 Å². The van der Waals surface area contributed by atoms with E-state index in [4.69, 9.17) is 11.6 Å². The predicted octanol–water partition coefficient (Wildman–Crippen LogP) is 4.53. The first-order valence-electron chi connectivity index (χ1n) is 7.64. The molecule has 0 spiro atoms. The monoisotopic (exact) mass is 332 g/mol. The second-order valence-electron chi connectivity index (χ2n) is 5.70. The van der Waals surface area contributed by atoms with Gasteiger partial charge in [-0.3, -0.25) is 4.79 Å². The molecule has 120 valence electrons. The molecule has 1 fully saturated rings. The fourth-order valence-electron chi connectivity index (χ4n) is 2.86. The number of aryl methyl sites for hydroxylation is 1. The molecule has 23 heavy (non-hydrogen) atoms. The van der Waals surface area contributed by atoms with Crippen molar-refractivity contribution in [1.82, 2.24) is 0 Å². The number of amides is 1. The fourth-order valence-corrected chi connectivity index (χ4v) is 3.09. The molecule has 0 atom stereocenters. The lowest BCUT2D eigenvalue weighted by molar-refractivity contribution is -0.117. The minimum absolute atomic E-state index is 0.173. The van der Waals surface area contributed by atoms with Crippen LogP contribution in [0.2, 0.25) is 5.02 Å². The van der Waals surface area contributed by atoms with Crippen LogP contribution in [0.25, 0.3) is 0 Å². The molecule has 0 unspecified atom stereocenters. The second kappa shape index (κ2) is 6.59. The maximum absolute atomic E-state index is 13.8. The lowest BCUT2D eigenvalue weighted by atomic mass is 10.1. The van der Waals surface area contributed by atoms with Gasteiger partial charge >= 0.3 is 0 Å². The van der Waals surface area contributed by atoms with Gasteiger partial charge in [0.05, 0.1) is 0 Å². The summed E-state index contributed by atoms with van der Waals surface area (Å²) in [7, 11) is 0. The van der Waals surface area contributed by atoms with Crippen molar-refractivity contribution >= 4 is 28.9 Å². The molecule has 1 aliphatic rings. The highest BCUT2D eigenvalue weighted by atomic mass is 35.5. The zero-order valence-electron chi connectivity index (χ0n) is 12.9. The average Bonchev–Trinajstić information content (AvgIpc) is 2.93. The van der Waals surface area contributed by atoms with Crippen LogP contribution in [0.5, 0.6) is 0 Å². The van der Waals surface area contributed by atoms with Gasteiger partial charge in [0.25, 0.3) is 0 Å². The van der Waals surface area contributed by atoms with Crippen LogP contribution in [-0.4, -0.2) is 12.5 Å². The third-order valence-corrected chi connectivity index (χ3v) is 4.45. The van der Waals surface area contributed by atoms with Crippen molar-refractivity contribution < 1.29 is 9.18 Å². The topological polar surface area (TPSA) is 32.3 Å². The number of carbonyl (C=O) groups excluding carboxylic acids is 1. The Morgan fingerprint density at radius 2 is 2.13 bits per heavy atom. The van der Waals surface area contributed by atoms with Crippen LogP contribution < -0.4 is 10.2 Å². The number of nitrogens with zero attached hydrogens (tertiary/aromatic N) is 1. The molecule has 0 radical (unpaired) electrons. The molecule has 1 heterocycles. The minimum atomic E-state index is -0.319. The molecule has 1 aliphatic heterocycles. The van der Waals surface area contributed by atoms with Gasteiger partial charge < -0.3 is 10.2 Å². The van der Waals surface area contributed by atoms with Crippen molar-refractivity contribution in [3.8, 4) is 0 Å². The first kappa shape index (κ1) is 15.8. The Bertz CT molecular complexity index is 728. The van der Waals surface area contributed by atoms with Gasteiger partial charge in [0.2, 0.25) is 5.91 Å². The van der Waals surface area contributed by atoms with Gasteiger partial charge in [0, 0.05) is 41.5 Å². The van der Waals surface area contributed by atoms with E-state index in [0.717, 1.165) is 29.9 Å². The molecule has 0 aromatic heterocycles. The molecule has 3 nitrogen and oxygen atoms in total. The Balaban J connectivity index is 1.75. The van der Waals surface area contributed by atoms with Crippen molar-refractivity contribution in [3.05, 3.63) is 58.4 Å². The van der Waals surface area contributed by atoms with Gasteiger partial charge in [-0.1, -0.05) is 17.7 Å². The van der Waals surface area contributed by atoms with Crippen molar-refractivity contribution in [2.75, 3.05) is 16.8 Å². The Morgan fingerprint density at radius 3 is 2.78 bits per heavy atom. The van der Waals surface area contributed by atoms with Crippen LogP contribution in [0.1, 0.15) is 24.0 Å². The van der Waals surface area contributed by atoms with Crippen LogP contribution in [0.4, 0.5) is 15.8 Å². The van der Waals surface area contributed by atoms with Crippen molar-refractivity contribution in [3.63, 3.8) is 0 Å². The van der Waals surface area contributed by atoms with E-state index < -0.39 is 0 Å². The lowest BCUT2D eigenvalue weighted by Gasteiger charge is -2.19. The summed E-state index contributed by atoms with van der Waals surface area (Å²) in [5.74, 6) is -0.145. The molecular formula is C18H18ClFN2O. The van der Waals surface area contributed by atoms with Gasteiger partial charge in [-0.05, 0) is 49.2 Å². The van der Waals surface area contributed by atoms with E-state index in [1.165, 1.54) is 6.07 Å². The fraction of sp³-hybridized carbons (Fsp3) is 0.278. The summed E-state index contributed by atoms with van der Waals surface area (Å²) >= 11 is 6.03. The normalized spacial score (nSPS) is 14.4. The quantitative estimate of drug-likeness (QED) is 0.892. The van der Waals surface area contributed by atoms with Crippen molar-refractivity contribution in [2.24, 2.45) is 0 Å². The first-order valence-corrected chi connectivity index (χ1v) is 8.02. The Morgan fingerprint density at radius 1 is 1.30 bits per heavy atom. The van der Waals surface area contributed by atoms with E-state index in [2.05, 4.69) is 5.32 Å². The van der Waals surface area contributed by atoms with E-state index >= 15 is 0 Å². The van der Waals surface area contributed by atoms with E-state index in [-0.39, 0.29) is 11.7 Å². The summed E-state index contributed by atoms with van der Waals surface area (Å²) < 4.78 is 13.8. The number of carbonyl (C=O) groups is 1. The van der Waals surface area contributed by atoms with E-state index in [1.807, 2.05) is 30.0 Å². The van der Waals surface area contributed by atoms with Crippen LogP contribution >= 0.6 is 11.6 Å². The Kier molecular flexibility index (Phi) is 4.53. The molecule has 0 bridgehead atoms. The van der Waals surface area contributed by atoms with Crippen LogP contribution in [0.15, 0.2) is 36.4 Å². The largest absolute Gasteiger partial charge is 0.381 e. The number of hydrogen-bond acceptors (Lipinski definition) is 2. The van der Waals surface area contributed by atoms with E-state index in [0.29, 0.717) is 23.6 Å². The predicted molar refractivity (Wildman–Crippen MR) is 91.5 cm³/mol. The second-order valence-corrected chi connectivity index (χ2v) is 6.11. The van der Waals surface area contributed by atoms with Gasteiger partial charge in [-0.15, -0.1) is 0 Å². The van der Waals surface area contributed by atoms with Crippen molar-refractivity contribution in [2.45, 2.75) is 26.3 Å².